The van der Waals surface area contributed by atoms with E-state index < -0.39 is 5.97 Å². The van der Waals surface area contributed by atoms with E-state index in [-0.39, 0.29) is 0 Å². The van der Waals surface area contributed by atoms with E-state index in [0.29, 0.717) is 17.9 Å². The SMILES string of the molecule is C=C(CCCc1ccc(C(C)C)cc1)C(=O)O. The van der Waals surface area contributed by atoms with E-state index in [9.17, 15) is 4.79 Å². The molecule has 0 atom stereocenters. The summed E-state index contributed by atoms with van der Waals surface area (Å²) in [5.74, 6) is -0.337. The van der Waals surface area contributed by atoms with Crippen molar-refractivity contribution in [3.63, 3.8) is 0 Å². The number of carboxylic acid groups (broad SMARTS) is 1. The van der Waals surface area contributed by atoms with Gasteiger partial charge in [0.15, 0.2) is 0 Å². The van der Waals surface area contributed by atoms with E-state index in [1.54, 1.807) is 0 Å². The minimum atomic E-state index is -0.889. The molecule has 0 fully saturated rings. The number of benzene rings is 1. The Bertz CT molecular complexity index is 388. The Morgan fingerprint density at radius 3 is 2.35 bits per heavy atom. The number of hydrogen-bond donors (Lipinski definition) is 1. The topological polar surface area (TPSA) is 37.3 Å². The summed E-state index contributed by atoms with van der Waals surface area (Å²) in [6.07, 6.45) is 2.30. The molecule has 2 heteroatoms. The fourth-order valence-electron chi connectivity index (χ4n) is 1.68. The van der Waals surface area contributed by atoms with Crippen molar-refractivity contribution in [3.05, 3.63) is 47.5 Å². The summed E-state index contributed by atoms with van der Waals surface area (Å²) >= 11 is 0. The molecule has 0 aliphatic carbocycles. The van der Waals surface area contributed by atoms with E-state index in [4.69, 9.17) is 5.11 Å². The van der Waals surface area contributed by atoms with Crippen molar-refractivity contribution in [3.8, 4) is 0 Å². The second kappa shape index (κ2) is 6.24. The molecule has 0 aliphatic heterocycles. The molecular formula is C15H20O2. The summed E-state index contributed by atoms with van der Waals surface area (Å²) in [6, 6.07) is 8.54. The Morgan fingerprint density at radius 2 is 1.88 bits per heavy atom. The minimum absolute atomic E-state index is 0.295. The zero-order valence-corrected chi connectivity index (χ0v) is 10.6. The van der Waals surface area contributed by atoms with Crippen LogP contribution in [0.3, 0.4) is 0 Å². The Balaban J connectivity index is 2.42. The van der Waals surface area contributed by atoms with Gasteiger partial charge in [-0.1, -0.05) is 44.7 Å². The number of carbonyl (C=O) groups is 1. The molecule has 0 radical (unpaired) electrons. The van der Waals surface area contributed by atoms with Crippen LogP contribution in [0.15, 0.2) is 36.4 Å². The van der Waals surface area contributed by atoms with Crippen LogP contribution in [0.25, 0.3) is 0 Å². The van der Waals surface area contributed by atoms with Gasteiger partial charge in [0.25, 0.3) is 0 Å². The van der Waals surface area contributed by atoms with E-state index in [2.05, 4.69) is 44.7 Å². The standard InChI is InChI=1S/C15H20O2/c1-11(2)14-9-7-13(8-10-14)6-4-5-12(3)15(16)17/h7-11H,3-6H2,1-2H3,(H,16,17). The van der Waals surface area contributed by atoms with Gasteiger partial charge in [0.1, 0.15) is 0 Å². The van der Waals surface area contributed by atoms with E-state index in [1.165, 1.54) is 11.1 Å². The van der Waals surface area contributed by atoms with Crippen molar-refractivity contribution < 1.29 is 9.90 Å². The van der Waals surface area contributed by atoms with Crippen LogP contribution in [0.5, 0.6) is 0 Å². The van der Waals surface area contributed by atoms with Crippen molar-refractivity contribution in [2.75, 3.05) is 0 Å². The largest absolute Gasteiger partial charge is 0.478 e. The van der Waals surface area contributed by atoms with Crippen molar-refractivity contribution in [1.82, 2.24) is 0 Å². The molecule has 0 saturated carbocycles. The summed E-state index contributed by atoms with van der Waals surface area (Å²) in [5, 5.41) is 8.68. The van der Waals surface area contributed by atoms with Gasteiger partial charge < -0.3 is 5.11 Å². The molecule has 0 saturated heterocycles. The molecule has 2 nitrogen and oxygen atoms in total. The summed E-state index contributed by atoms with van der Waals surface area (Å²) in [5.41, 5.74) is 2.89. The van der Waals surface area contributed by atoms with Crippen LogP contribution in [-0.2, 0) is 11.2 Å². The lowest BCUT2D eigenvalue weighted by molar-refractivity contribution is -0.132. The fraction of sp³-hybridized carbons (Fsp3) is 0.400. The Morgan fingerprint density at radius 1 is 1.29 bits per heavy atom. The number of carboxylic acids is 1. The first-order valence-electron chi connectivity index (χ1n) is 6.00. The van der Waals surface area contributed by atoms with Crippen LogP contribution >= 0.6 is 0 Å². The number of aryl methyl sites for hydroxylation is 1. The van der Waals surface area contributed by atoms with Crippen LogP contribution in [0.2, 0.25) is 0 Å². The molecule has 1 aromatic carbocycles. The van der Waals surface area contributed by atoms with Crippen LogP contribution in [0.4, 0.5) is 0 Å². The molecule has 0 heterocycles. The monoisotopic (exact) mass is 232 g/mol. The predicted molar refractivity (Wildman–Crippen MR) is 70.2 cm³/mol. The second-order valence-electron chi connectivity index (χ2n) is 4.66. The van der Waals surface area contributed by atoms with Crippen LogP contribution < -0.4 is 0 Å². The van der Waals surface area contributed by atoms with Crippen LogP contribution in [0, 0.1) is 0 Å². The molecular weight excluding hydrogens is 212 g/mol. The molecule has 92 valence electrons. The minimum Gasteiger partial charge on any atom is -0.478 e. The van der Waals surface area contributed by atoms with Gasteiger partial charge >= 0.3 is 5.97 Å². The average molecular weight is 232 g/mol. The maximum atomic E-state index is 10.6. The molecule has 1 N–H and O–H groups in total. The lowest BCUT2D eigenvalue weighted by Crippen LogP contribution is -1.99. The molecule has 0 unspecified atom stereocenters. The first kappa shape index (κ1) is 13.5. The zero-order valence-electron chi connectivity index (χ0n) is 10.6. The molecule has 0 aliphatic rings. The first-order valence-corrected chi connectivity index (χ1v) is 6.00. The lowest BCUT2D eigenvalue weighted by Gasteiger charge is -2.07. The highest BCUT2D eigenvalue weighted by molar-refractivity contribution is 5.85. The molecule has 0 spiro atoms. The highest BCUT2D eigenvalue weighted by atomic mass is 16.4. The Labute approximate surface area is 103 Å². The van der Waals surface area contributed by atoms with Crippen molar-refractivity contribution >= 4 is 5.97 Å². The zero-order chi connectivity index (χ0) is 12.8. The van der Waals surface area contributed by atoms with Gasteiger partial charge in [0.2, 0.25) is 0 Å². The second-order valence-corrected chi connectivity index (χ2v) is 4.66. The number of rotatable bonds is 6. The molecule has 0 bridgehead atoms. The van der Waals surface area contributed by atoms with Gasteiger partial charge in [-0.3, -0.25) is 0 Å². The van der Waals surface area contributed by atoms with Gasteiger partial charge in [0.05, 0.1) is 0 Å². The van der Waals surface area contributed by atoms with Gasteiger partial charge in [-0.25, -0.2) is 4.79 Å². The normalized spacial score (nSPS) is 10.5. The number of hydrogen-bond acceptors (Lipinski definition) is 1. The van der Waals surface area contributed by atoms with Crippen molar-refractivity contribution in [1.29, 1.82) is 0 Å². The van der Waals surface area contributed by atoms with Crippen LogP contribution in [-0.4, -0.2) is 11.1 Å². The molecule has 1 aromatic rings. The Kier molecular flexibility index (Phi) is 4.95. The smallest absolute Gasteiger partial charge is 0.330 e. The van der Waals surface area contributed by atoms with Gasteiger partial charge in [-0.05, 0) is 36.3 Å². The fourth-order valence-corrected chi connectivity index (χ4v) is 1.68. The maximum Gasteiger partial charge on any atom is 0.330 e. The Hall–Kier alpha value is -1.57. The van der Waals surface area contributed by atoms with E-state index >= 15 is 0 Å². The lowest BCUT2D eigenvalue weighted by atomic mass is 9.99. The van der Waals surface area contributed by atoms with E-state index in [1.807, 2.05) is 0 Å². The quantitative estimate of drug-likeness (QED) is 0.758. The third-order valence-corrected chi connectivity index (χ3v) is 2.89. The van der Waals surface area contributed by atoms with Crippen LogP contribution in [0.1, 0.15) is 43.7 Å². The third kappa shape index (κ3) is 4.43. The summed E-state index contributed by atoms with van der Waals surface area (Å²) in [7, 11) is 0. The molecule has 1 rings (SSSR count). The molecule has 0 aromatic heterocycles. The maximum absolute atomic E-state index is 10.6. The first-order chi connectivity index (χ1) is 8.00. The van der Waals surface area contributed by atoms with Crippen molar-refractivity contribution in [2.24, 2.45) is 0 Å². The predicted octanol–water partition coefficient (Wildman–Crippen LogP) is 3.77. The summed E-state index contributed by atoms with van der Waals surface area (Å²) < 4.78 is 0. The van der Waals surface area contributed by atoms with E-state index in [0.717, 1.165) is 12.8 Å². The molecule has 17 heavy (non-hydrogen) atoms. The summed E-state index contributed by atoms with van der Waals surface area (Å²) in [6.45, 7) is 7.87. The van der Waals surface area contributed by atoms with Gasteiger partial charge in [-0.15, -0.1) is 0 Å². The number of aliphatic carboxylic acids is 1. The summed E-state index contributed by atoms with van der Waals surface area (Å²) in [4.78, 5) is 10.6. The third-order valence-electron chi connectivity index (χ3n) is 2.89. The van der Waals surface area contributed by atoms with Crippen molar-refractivity contribution in [2.45, 2.75) is 39.0 Å². The van der Waals surface area contributed by atoms with Gasteiger partial charge in [-0.2, -0.15) is 0 Å². The highest BCUT2D eigenvalue weighted by Gasteiger charge is 2.04. The average Bonchev–Trinajstić information content (AvgIpc) is 2.29. The van der Waals surface area contributed by atoms with Gasteiger partial charge in [0, 0.05) is 5.57 Å². The molecule has 0 amide bonds. The highest BCUT2D eigenvalue weighted by Crippen LogP contribution is 2.16.